The molecule has 2 saturated heterocycles. The molecule has 118 valence electrons. The lowest BCUT2D eigenvalue weighted by molar-refractivity contribution is -0.136. The molecule has 3 rings (SSSR count). The molecule has 0 bridgehead atoms. The van der Waals surface area contributed by atoms with Gasteiger partial charge < -0.3 is 15.1 Å². The summed E-state index contributed by atoms with van der Waals surface area (Å²) < 4.78 is 0. The maximum absolute atomic E-state index is 12.5. The molecule has 0 radical (unpaired) electrons. The zero-order valence-corrected chi connectivity index (χ0v) is 13.0. The lowest BCUT2D eigenvalue weighted by Gasteiger charge is -2.29. The molecule has 1 aromatic rings. The van der Waals surface area contributed by atoms with Crippen LogP contribution in [0.15, 0.2) is 24.3 Å². The predicted molar refractivity (Wildman–Crippen MR) is 84.2 cm³/mol. The van der Waals surface area contributed by atoms with Gasteiger partial charge in [0.1, 0.15) is 0 Å². The second-order valence-corrected chi connectivity index (χ2v) is 6.24. The van der Waals surface area contributed by atoms with Gasteiger partial charge in [0.05, 0.1) is 5.92 Å². The molecule has 0 aromatic heterocycles. The third-order valence-corrected chi connectivity index (χ3v) is 4.49. The molecule has 5 nitrogen and oxygen atoms in total. The summed E-state index contributed by atoms with van der Waals surface area (Å²) in [5.74, 6) is 0.0614. The van der Waals surface area contributed by atoms with Gasteiger partial charge in [0.25, 0.3) is 0 Å². The molecule has 2 amide bonds. The summed E-state index contributed by atoms with van der Waals surface area (Å²) in [6.07, 6.45) is 0.356. The highest BCUT2D eigenvalue weighted by Crippen LogP contribution is 2.22. The molecule has 0 spiro atoms. The Bertz CT molecular complexity index is 550. The van der Waals surface area contributed by atoms with Gasteiger partial charge in [-0.25, -0.2) is 0 Å². The van der Waals surface area contributed by atoms with Crippen molar-refractivity contribution in [1.82, 2.24) is 15.1 Å². The number of likely N-dealkylation sites (tertiary alicyclic amines) is 1. The van der Waals surface area contributed by atoms with Crippen LogP contribution in [-0.4, -0.2) is 54.3 Å². The molecule has 1 aromatic carbocycles. The number of hydrogen-bond acceptors (Lipinski definition) is 3. The summed E-state index contributed by atoms with van der Waals surface area (Å²) in [6, 6.07) is 8.21. The minimum absolute atomic E-state index is 0.0917. The normalized spacial score (nSPS) is 22.2. The second kappa shape index (κ2) is 6.48. The van der Waals surface area contributed by atoms with E-state index in [0.717, 1.165) is 31.7 Å². The third kappa shape index (κ3) is 3.30. The SMILES string of the molecule is Cc1ccc(CN2CC(C(=O)N3CCNCC3)CC2=O)cc1. The molecule has 5 heteroatoms. The summed E-state index contributed by atoms with van der Waals surface area (Å²) >= 11 is 0. The molecule has 0 saturated carbocycles. The number of rotatable bonds is 3. The average Bonchev–Trinajstić information content (AvgIpc) is 2.91. The fourth-order valence-electron chi connectivity index (χ4n) is 3.15. The van der Waals surface area contributed by atoms with Crippen LogP contribution in [0, 0.1) is 12.8 Å². The molecule has 0 aliphatic carbocycles. The van der Waals surface area contributed by atoms with Gasteiger partial charge >= 0.3 is 0 Å². The van der Waals surface area contributed by atoms with E-state index in [2.05, 4.69) is 17.4 Å². The van der Waals surface area contributed by atoms with Gasteiger partial charge in [0, 0.05) is 45.7 Å². The first-order chi connectivity index (χ1) is 10.6. The van der Waals surface area contributed by atoms with Gasteiger partial charge in [-0.2, -0.15) is 0 Å². The molecule has 2 aliphatic heterocycles. The molecule has 2 fully saturated rings. The van der Waals surface area contributed by atoms with E-state index >= 15 is 0 Å². The van der Waals surface area contributed by atoms with Crippen LogP contribution in [-0.2, 0) is 16.1 Å². The van der Waals surface area contributed by atoms with Crippen LogP contribution in [0.5, 0.6) is 0 Å². The maximum Gasteiger partial charge on any atom is 0.228 e. The van der Waals surface area contributed by atoms with Crippen molar-refractivity contribution >= 4 is 11.8 Å². The second-order valence-electron chi connectivity index (χ2n) is 6.24. The van der Waals surface area contributed by atoms with Gasteiger partial charge in [-0.1, -0.05) is 29.8 Å². The topological polar surface area (TPSA) is 52.7 Å². The number of carbonyl (C=O) groups is 2. The van der Waals surface area contributed by atoms with Crippen molar-refractivity contribution in [2.45, 2.75) is 19.9 Å². The molecule has 2 aliphatic rings. The minimum atomic E-state index is -0.170. The molecular formula is C17H23N3O2. The lowest BCUT2D eigenvalue weighted by atomic mass is 10.1. The molecular weight excluding hydrogens is 278 g/mol. The predicted octanol–water partition coefficient (Wildman–Crippen LogP) is 0.775. The number of nitrogens with one attached hydrogen (secondary N) is 1. The van der Waals surface area contributed by atoms with Crippen LogP contribution in [0.25, 0.3) is 0 Å². The number of carbonyl (C=O) groups excluding carboxylic acids is 2. The van der Waals surface area contributed by atoms with Crippen molar-refractivity contribution in [2.24, 2.45) is 5.92 Å². The highest BCUT2D eigenvalue weighted by molar-refractivity contribution is 5.89. The van der Waals surface area contributed by atoms with Crippen LogP contribution in [0.2, 0.25) is 0 Å². The van der Waals surface area contributed by atoms with E-state index in [1.165, 1.54) is 5.56 Å². The van der Waals surface area contributed by atoms with Crippen LogP contribution in [0.4, 0.5) is 0 Å². The highest BCUT2D eigenvalue weighted by atomic mass is 16.2. The Morgan fingerprint density at radius 3 is 2.59 bits per heavy atom. The van der Waals surface area contributed by atoms with Gasteiger partial charge in [0.2, 0.25) is 11.8 Å². The zero-order chi connectivity index (χ0) is 15.5. The fraction of sp³-hybridized carbons (Fsp3) is 0.529. The van der Waals surface area contributed by atoms with Gasteiger partial charge in [-0.05, 0) is 12.5 Å². The Kier molecular flexibility index (Phi) is 4.43. The van der Waals surface area contributed by atoms with Crippen LogP contribution in [0.1, 0.15) is 17.5 Å². The van der Waals surface area contributed by atoms with E-state index < -0.39 is 0 Å². The Morgan fingerprint density at radius 1 is 1.23 bits per heavy atom. The van der Waals surface area contributed by atoms with Crippen LogP contribution >= 0.6 is 0 Å². The largest absolute Gasteiger partial charge is 0.340 e. The first-order valence-electron chi connectivity index (χ1n) is 7.96. The summed E-state index contributed by atoms with van der Waals surface area (Å²) in [5.41, 5.74) is 2.33. The smallest absolute Gasteiger partial charge is 0.228 e. The van der Waals surface area contributed by atoms with Crippen molar-refractivity contribution < 1.29 is 9.59 Å². The molecule has 2 heterocycles. The van der Waals surface area contributed by atoms with Crippen molar-refractivity contribution in [2.75, 3.05) is 32.7 Å². The van der Waals surface area contributed by atoms with Gasteiger partial charge in [-0.15, -0.1) is 0 Å². The fourth-order valence-corrected chi connectivity index (χ4v) is 3.15. The Balaban J connectivity index is 1.60. The number of nitrogens with zero attached hydrogens (tertiary/aromatic N) is 2. The Labute approximate surface area is 131 Å². The van der Waals surface area contributed by atoms with E-state index in [4.69, 9.17) is 0 Å². The van der Waals surface area contributed by atoms with Crippen molar-refractivity contribution in [1.29, 1.82) is 0 Å². The molecule has 1 unspecified atom stereocenters. The zero-order valence-electron chi connectivity index (χ0n) is 13.0. The average molecular weight is 301 g/mol. The number of hydrogen-bond donors (Lipinski definition) is 1. The van der Waals surface area contributed by atoms with E-state index in [1.807, 2.05) is 28.9 Å². The van der Waals surface area contributed by atoms with Gasteiger partial charge in [0.15, 0.2) is 0 Å². The van der Waals surface area contributed by atoms with E-state index in [0.29, 0.717) is 19.5 Å². The maximum atomic E-state index is 12.5. The highest BCUT2D eigenvalue weighted by Gasteiger charge is 2.36. The molecule has 22 heavy (non-hydrogen) atoms. The monoisotopic (exact) mass is 301 g/mol. The van der Waals surface area contributed by atoms with E-state index in [1.54, 1.807) is 0 Å². The Hall–Kier alpha value is -1.88. The van der Waals surface area contributed by atoms with Crippen LogP contribution in [0.3, 0.4) is 0 Å². The molecule has 1 atom stereocenters. The Morgan fingerprint density at radius 2 is 1.91 bits per heavy atom. The summed E-state index contributed by atoms with van der Waals surface area (Å²) in [6.45, 7) is 6.40. The molecule has 1 N–H and O–H groups in total. The van der Waals surface area contributed by atoms with Crippen molar-refractivity contribution in [3.63, 3.8) is 0 Å². The minimum Gasteiger partial charge on any atom is -0.340 e. The standard InChI is InChI=1S/C17H23N3O2/c1-13-2-4-14(5-3-13)11-20-12-15(10-16(20)21)17(22)19-8-6-18-7-9-19/h2-5,15,18H,6-12H2,1H3. The lowest BCUT2D eigenvalue weighted by Crippen LogP contribution is -2.48. The first-order valence-corrected chi connectivity index (χ1v) is 7.96. The summed E-state index contributed by atoms with van der Waals surface area (Å²) in [4.78, 5) is 28.4. The number of aryl methyl sites for hydroxylation is 1. The van der Waals surface area contributed by atoms with E-state index in [9.17, 15) is 9.59 Å². The summed E-state index contributed by atoms with van der Waals surface area (Å²) in [5, 5.41) is 3.24. The first kappa shape index (κ1) is 15.0. The van der Waals surface area contributed by atoms with Crippen molar-refractivity contribution in [3.05, 3.63) is 35.4 Å². The van der Waals surface area contributed by atoms with Gasteiger partial charge in [-0.3, -0.25) is 9.59 Å². The number of benzene rings is 1. The van der Waals surface area contributed by atoms with Crippen LogP contribution < -0.4 is 5.32 Å². The third-order valence-electron chi connectivity index (χ3n) is 4.49. The number of piperazine rings is 1. The van der Waals surface area contributed by atoms with Crippen molar-refractivity contribution in [3.8, 4) is 0 Å². The van der Waals surface area contributed by atoms with E-state index in [-0.39, 0.29) is 17.7 Å². The number of amides is 2. The summed E-state index contributed by atoms with van der Waals surface area (Å²) in [7, 11) is 0. The quantitative estimate of drug-likeness (QED) is 0.897.